The maximum absolute atomic E-state index is 2.63. The maximum Gasteiger partial charge on any atom is 0.0220 e. The Bertz CT molecular complexity index is 155. The summed E-state index contributed by atoms with van der Waals surface area (Å²) in [6.45, 7) is 17.5. The summed E-state index contributed by atoms with van der Waals surface area (Å²) in [5.41, 5.74) is 0. The van der Waals surface area contributed by atoms with Crippen LogP contribution in [0.1, 0.15) is 60.3 Å². The first-order valence-electron chi connectivity index (χ1n) is 7.69. The molecule has 0 aliphatic rings. The van der Waals surface area contributed by atoms with E-state index in [1.165, 1.54) is 58.4 Å². The molecule has 1 atom stereocenters. The molecule has 0 saturated carbocycles. The van der Waals surface area contributed by atoms with Gasteiger partial charge in [-0.15, -0.1) is 0 Å². The van der Waals surface area contributed by atoms with Crippen molar-refractivity contribution in [3.05, 3.63) is 0 Å². The first-order valence-corrected chi connectivity index (χ1v) is 7.69. The van der Waals surface area contributed by atoms with E-state index in [9.17, 15) is 0 Å². The van der Waals surface area contributed by atoms with E-state index < -0.39 is 0 Å². The van der Waals surface area contributed by atoms with Crippen LogP contribution in [0.4, 0.5) is 0 Å². The lowest BCUT2D eigenvalue weighted by atomic mass is 10.1. The van der Waals surface area contributed by atoms with Gasteiger partial charge in [-0.3, -0.25) is 4.90 Å². The van der Waals surface area contributed by atoms with Crippen molar-refractivity contribution in [2.45, 2.75) is 66.3 Å². The van der Waals surface area contributed by atoms with Crippen LogP contribution in [0.2, 0.25) is 0 Å². The van der Waals surface area contributed by atoms with E-state index in [2.05, 4.69) is 44.4 Å². The second kappa shape index (κ2) is 11.0. The number of unbranched alkanes of at least 4 members (excludes halogenated alkanes) is 2. The molecule has 17 heavy (non-hydrogen) atoms. The van der Waals surface area contributed by atoms with Crippen molar-refractivity contribution < 1.29 is 0 Å². The first-order chi connectivity index (χ1) is 8.23. The zero-order chi connectivity index (χ0) is 13.1. The van der Waals surface area contributed by atoms with Gasteiger partial charge in [0.05, 0.1) is 0 Å². The molecule has 0 saturated heterocycles. The largest absolute Gasteiger partial charge is 0.302 e. The van der Waals surface area contributed by atoms with Crippen molar-refractivity contribution in [3.63, 3.8) is 0 Å². The van der Waals surface area contributed by atoms with E-state index in [4.69, 9.17) is 0 Å². The third-order valence-corrected chi connectivity index (χ3v) is 3.79. The van der Waals surface area contributed by atoms with Crippen LogP contribution in [0.15, 0.2) is 0 Å². The average Bonchev–Trinajstić information content (AvgIpc) is 2.37. The highest BCUT2D eigenvalue weighted by atomic mass is 15.2. The molecule has 0 bridgehead atoms. The Morgan fingerprint density at radius 3 is 1.88 bits per heavy atom. The lowest BCUT2D eigenvalue weighted by molar-refractivity contribution is 0.146. The van der Waals surface area contributed by atoms with Crippen molar-refractivity contribution in [2.24, 2.45) is 0 Å². The second-order valence-electron chi connectivity index (χ2n) is 4.88. The molecular weight excluding hydrogens is 208 g/mol. The normalized spacial score (nSPS) is 13.6. The van der Waals surface area contributed by atoms with E-state index in [0.717, 1.165) is 6.04 Å². The minimum atomic E-state index is 0.742. The van der Waals surface area contributed by atoms with Gasteiger partial charge in [0.15, 0.2) is 0 Å². The predicted octanol–water partition coefficient (Wildman–Crippen LogP) is 3.62. The monoisotopic (exact) mass is 242 g/mol. The van der Waals surface area contributed by atoms with Gasteiger partial charge in [0.25, 0.3) is 0 Å². The summed E-state index contributed by atoms with van der Waals surface area (Å²) in [5.74, 6) is 0. The molecule has 0 fully saturated rings. The molecule has 0 radical (unpaired) electrons. The second-order valence-corrected chi connectivity index (χ2v) is 4.88. The molecule has 0 spiro atoms. The van der Waals surface area contributed by atoms with Crippen LogP contribution in [0.3, 0.4) is 0 Å². The van der Waals surface area contributed by atoms with Crippen LogP contribution in [0, 0.1) is 0 Å². The Morgan fingerprint density at radius 2 is 1.47 bits per heavy atom. The van der Waals surface area contributed by atoms with E-state index in [0.29, 0.717) is 0 Å². The molecular formula is C15H34N2. The number of likely N-dealkylation sites (N-methyl/N-ethyl adjacent to an activating group) is 2. The Balaban J connectivity index is 4.10. The fraction of sp³-hybridized carbons (Fsp3) is 1.00. The maximum atomic E-state index is 2.63. The third kappa shape index (κ3) is 7.05. The molecule has 2 nitrogen and oxygen atoms in total. The summed E-state index contributed by atoms with van der Waals surface area (Å²) in [6.07, 6.45) is 5.33. The van der Waals surface area contributed by atoms with E-state index in [-0.39, 0.29) is 0 Å². The molecule has 0 aromatic heterocycles. The number of hydrogen-bond acceptors (Lipinski definition) is 2. The smallest absolute Gasteiger partial charge is 0.0220 e. The summed E-state index contributed by atoms with van der Waals surface area (Å²) in [4.78, 5) is 5.23. The van der Waals surface area contributed by atoms with Gasteiger partial charge in [-0.1, -0.05) is 47.5 Å². The molecule has 1 unspecified atom stereocenters. The lowest BCUT2D eigenvalue weighted by Gasteiger charge is -2.33. The highest BCUT2D eigenvalue weighted by molar-refractivity contribution is 4.73. The molecule has 0 amide bonds. The van der Waals surface area contributed by atoms with Crippen molar-refractivity contribution in [2.75, 3.05) is 32.7 Å². The van der Waals surface area contributed by atoms with Gasteiger partial charge >= 0.3 is 0 Å². The molecule has 0 aliphatic carbocycles. The highest BCUT2D eigenvalue weighted by Gasteiger charge is 2.16. The number of nitrogens with zero attached hydrogens (tertiary/aromatic N) is 2. The Labute approximate surface area is 109 Å². The van der Waals surface area contributed by atoms with Gasteiger partial charge < -0.3 is 4.90 Å². The van der Waals surface area contributed by atoms with E-state index in [1.807, 2.05) is 0 Å². The molecule has 104 valence electrons. The minimum absolute atomic E-state index is 0.742. The van der Waals surface area contributed by atoms with Crippen LogP contribution in [-0.4, -0.2) is 48.6 Å². The van der Waals surface area contributed by atoms with Crippen molar-refractivity contribution in [1.29, 1.82) is 0 Å². The Hall–Kier alpha value is -0.0800. The molecule has 0 rings (SSSR count). The molecule has 0 heterocycles. The van der Waals surface area contributed by atoms with Crippen molar-refractivity contribution in [1.82, 2.24) is 9.80 Å². The van der Waals surface area contributed by atoms with Gasteiger partial charge in [0.1, 0.15) is 0 Å². The van der Waals surface area contributed by atoms with Gasteiger partial charge in [-0.05, 0) is 39.0 Å². The summed E-state index contributed by atoms with van der Waals surface area (Å²) in [7, 11) is 0. The fourth-order valence-corrected chi connectivity index (χ4v) is 2.50. The molecule has 0 aromatic rings. The summed E-state index contributed by atoms with van der Waals surface area (Å²) < 4.78 is 0. The van der Waals surface area contributed by atoms with E-state index >= 15 is 0 Å². The zero-order valence-corrected chi connectivity index (χ0v) is 12.8. The quantitative estimate of drug-likeness (QED) is 0.511. The minimum Gasteiger partial charge on any atom is -0.302 e. The molecule has 0 aliphatic heterocycles. The zero-order valence-electron chi connectivity index (χ0n) is 12.8. The summed E-state index contributed by atoms with van der Waals surface area (Å²) in [5, 5.41) is 0. The molecule has 0 N–H and O–H groups in total. The molecule has 2 heteroatoms. The lowest BCUT2D eigenvalue weighted by Crippen LogP contribution is -2.43. The Kier molecular flexibility index (Phi) is 11.0. The van der Waals surface area contributed by atoms with Crippen LogP contribution >= 0.6 is 0 Å². The SMILES string of the molecule is CCCCCN(CC)CC(CC)N(CC)CC. The molecule has 0 aromatic carbocycles. The summed E-state index contributed by atoms with van der Waals surface area (Å²) in [6, 6.07) is 0.742. The summed E-state index contributed by atoms with van der Waals surface area (Å²) >= 11 is 0. The standard InChI is InChI=1S/C15H34N2/c1-6-11-12-13-16(8-3)14-15(7-2)17(9-4)10-5/h15H,6-14H2,1-5H3. The third-order valence-electron chi connectivity index (χ3n) is 3.79. The van der Waals surface area contributed by atoms with Crippen molar-refractivity contribution >= 4 is 0 Å². The van der Waals surface area contributed by atoms with Crippen molar-refractivity contribution in [3.8, 4) is 0 Å². The highest BCUT2D eigenvalue weighted by Crippen LogP contribution is 2.08. The topological polar surface area (TPSA) is 6.48 Å². The number of rotatable bonds is 11. The average molecular weight is 242 g/mol. The van der Waals surface area contributed by atoms with E-state index in [1.54, 1.807) is 0 Å². The van der Waals surface area contributed by atoms with Gasteiger partial charge in [-0.25, -0.2) is 0 Å². The first kappa shape index (κ1) is 16.9. The van der Waals surface area contributed by atoms with Crippen LogP contribution in [-0.2, 0) is 0 Å². The Morgan fingerprint density at radius 1 is 0.824 bits per heavy atom. The fourth-order valence-electron chi connectivity index (χ4n) is 2.50. The predicted molar refractivity (Wildman–Crippen MR) is 78.6 cm³/mol. The van der Waals surface area contributed by atoms with Gasteiger partial charge in [0.2, 0.25) is 0 Å². The van der Waals surface area contributed by atoms with Crippen LogP contribution in [0.25, 0.3) is 0 Å². The van der Waals surface area contributed by atoms with Gasteiger partial charge in [0, 0.05) is 12.6 Å². The van der Waals surface area contributed by atoms with Crippen LogP contribution < -0.4 is 0 Å². The van der Waals surface area contributed by atoms with Gasteiger partial charge in [-0.2, -0.15) is 0 Å². The number of hydrogen-bond donors (Lipinski definition) is 0. The van der Waals surface area contributed by atoms with Crippen LogP contribution in [0.5, 0.6) is 0 Å².